The van der Waals surface area contributed by atoms with Crippen molar-refractivity contribution in [1.29, 1.82) is 0 Å². The van der Waals surface area contributed by atoms with E-state index in [0.717, 1.165) is 10.6 Å². The van der Waals surface area contributed by atoms with Gasteiger partial charge < -0.3 is 9.64 Å². The Morgan fingerprint density at radius 3 is 3.16 bits per heavy atom. The first-order chi connectivity index (χ1) is 9.34. The van der Waals surface area contributed by atoms with Crippen LogP contribution in [0.15, 0.2) is 36.1 Å². The van der Waals surface area contributed by atoms with Gasteiger partial charge in [0.25, 0.3) is 5.91 Å². The lowest BCUT2D eigenvalue weighted by Crippen LogP contribution is -2.42. The van der Waals surface area contributed by atoms with Crippen molar-refractivity contribution in [2.75, 3.05) is 19.7 Å². The minimum absolute atomic E-state index is 0.0622. The van der Waals surface area contributed by atoms with Gasteiger partial charge in [0.05, 0.1) is 29.9 Å². The highest BCUT2D eigenvalue weighted by Crippen LogP contribution is 2.22. The fourth-order valence-electron chi connectivity index (χ4n) is 2.05. The highest BCUT2D eigenvalue weighted by atomic mass is 32.1. The van der Waals surface area contributed by atoms with E-state index in [-0.39, 0.29) is 12.0 Å². The first kappa shape index (κ1) is 12.3. The summed E-state index contributed by atoms with van der Waals surface area (Å²) < 4.78 is 5.67. The number of hydrogen-bond donors (Lipinski definition) is 0. The van der Waals surface area contributed by atoms with Crippen LogP contribution >= 0.6 is 11.3 Å². The van der Waals surface area contributed by atoms with E-state index in [4.69, 9.17) is 4.74 Å². The normalized spacial score (nSPS) is 19.4. The van der Waals surface area contributed by atoms with Crippen LogP contribution in [0.5, 0.6) is 0 Å². The summed E-state index contributed by atoms with van der Waals surface area (Å²) in [5.41, 5.74) is 0.770. The maximum Gasteiger partial charge on any atom is 0.264 e. The average Bonchev–Trinajstić information content (AvgIpc) is 3.02. The lowest BCUT2D eigenvalue weighted by atomic mass is 10.2. The molecule has 1 aliphatic rings. The summed E-state index contributed by atoms with van der Waals surface area (Å²) in [6.07, 6.45) is 4.76. The van der Waals surface area contributed by atoms with Gasteiger partial charge >= 0.3 is 0 Å². The Labute approximate surface area is 114 Å². The van der Waals surface area contributed by atoms with Crippen LogP contribution in [0.1, 0.15) is 21.5 Å². The van der Waals surface area contributed by atoms with E-state index >= 15 is 0 Å². The van der Waals surface area contributed by atoms with Crippen molar-refractivity contribution in [2.45, 2.75) is 6.10 Å². The second-order valence-electron chi connectivity index (χ2n) is 4.22. The Morgan fingerprint density at radius 2 is 2.42 bits per heavy atom. The molecule has 1 atom stereocenters. The maximum absolute atomic E-state index is 12.3. The molecule has 1 amide bonds. The zero-order valence-corrected chi connectivity index (χ0v) is 11.0. The number of thiophene rings is 1. The number of morpholine rings is 1. The lowest BCUT2D eigenvalue weighted by Gasteiger charge is -2.32. The molecule has 1 saturated heterocycles. The molecule has 0 aromatic carbocycles. The molecule has 2 aromatic rings. The molecule has 98 valence electrons. The summed E-state index contributed by atoms with van der Waals surface area (Å²) in [6.45, 7) is 1.67. The van der Waals surface area contributed by atoms with E-state index < -0.39 is 0 Å². The number of aromatic nitrogens is 2. The molecule has 0 saturated carbocycles. The van der Waals surface area contributed by atoms with Crippen LogP contribution in [0.3, 0.4) is 0 Å². The molecule has 0 aliphatic carbocycles. The van der Waals surface area contributed by atoms with Crippen molar-refractivity contribution >= 4 is 17.2 Å². The molecule has 19 heavy (non-hydrogen) atoms. The van der Waals surface area contributed by atoms with Gasteiger partial charge in [-0.15, -0.1) is 11.3 Å². The molecule has 6 heteroatoms. The van der Waals surface area contributed by atoms with Gasteiger partial charge in [0.1, 0.15) is 6.10 Å². The molecule has 0 unspecified atom stereocenters. The number of rotatable bonds is 2. The van der Waals surface area contributed by atoms with Crippen LogP contribution in [0.2, 0.25) is 0 Å². The van der Waals surface area contributed by atoms with E-state index in [1.165, 1.54) is 11.3 Å². The third-order valence-corrected chi connectivity index (χ3v) is 3.86. The van der Waals surface area contributed by atoms with Crippen LogP contribution in [0.4, 0.5) is 0 Å². The maximum atomic E-state index is 12.3. The summed E-state index contributed by atoms with van der Waals surface area (Å²) in [4.78, 5) is 23.1. The fourth-order valence-corrected chi connectivity index (χ4v) is 2.74. The van der Waals surface area contributed by atoms with Gasteiger partial charge in [-0.05, 0) is 11.4 Å². The molecule has 5 nitrogen and oxygen atoms in total. The SMILES string of the molecule is O=C(c1cccs1)N1CCO[C@@H](c2cnccn2)C1. The fraction of sp³-hybridized carbons (Fsp3) is 0.308. The second kappa shape index (κ2) is 5.46. The van der Waals surface area contributed by atoms with Gasteiger partial charge in [0, 0.05) is 18.9 Å². The molecule has 2 aromatic heterocycles. The Hall–Kier alpha value is -1.79. The third kappa shape index (κ3) is 2.64. The summed E-state index contributed by atoms with van der Waals surface area (Å²) in [7, 11) is 0. The molecular weight excluding hydrogens is 262 g/mol. The second-order valence-corrected chi connectivity index (χ2v) is 5.17. The topological polar surface area (TPSA) is 55.3 Å². The van der Waals surface area contributed by atoms with E-state index in [1.807, 2.05) is 22.4 Å². The Morgan fingerprint density at radius 1 is 1.47 bits per heavy atom. The third-order valence-electron chi connectivity index (χ3n) is 3.00. The number of carbonyl (C=O) groups is 1. The van der Waals surface area contributed by atoms with Crippen molar-refractivity contribution in [3.8, 4) is 0 Å². The Kier molecular flexibility index (Phi) is 3.52. The smallest absolute Gasteiger partial charge is 0.264 e. The summed E-state index contributed by atoms with van der Waals surface area (Å²) >= 11 is 1.46. The molecule has 0 bridgehead atoms. The summed E-state index contributed by atoms with van der Waals surface area (Å²) in [5.74, 6) is 0.0622. The van der Waals surface area contributed by atoms with E-state index in [2.05, 4.69) is 9.97 Å². The van der Waals surface area contributed by atoms with Crippen LogP contribution in [-0.4, -0.2) is 40.5 Å². The number of amides is 1. The first-order valence-corrected chi connectivity index (χ1v) is 6.93. The van der Waals surface area contributed by atoms with Gasteiger partial charge in [-0.1, -0.05) is 6.07 Å². The predicted octanol–water partition coefficient (Wildman–Crippen LogP) is 1.75. The molecule has 1 aliphatic heterocycles. The molecule has 1 fully saturated rings. The van der Waals surface area contributed by atoms with E-state index in [9.17, 15) is 4.79 Å². The zero-order chi connectivity index (χ0) is 13.1. The quantitative estimate of drug-likeness (QED) is 0.838. The minimum atomic E-state index is -0.189. The van der Waals surface area contributed by atoms with E-state index in [0.29, 0.717) is 19.7 Å². The highest BCUT2D eigenvalue weighted by Gasteiger charge is 2.27. The van der Waals surface area contributed by atoms with Crippen LogP contribution in [0, 0.1) is 0 Å². The van der Waals surface area contributed by atoms with Crippen molar-refractivity contribution in [3.63, 3.8) is 0 Å². The molecule has 0 radical (unpaired) electrons. The van der Waals surface area contributed by atoms with Crippen LogP contribution in [-0.2, 0) is 4.74 Å². The lowest BCUT2D eigenvalue weighted by molar-refractivity contribution is -0.0247. The monoisotopic (exact) mass is 275 g/mol. The standard InChI is InChI=1S/C13H13N3O2S/c17-13(12-2-1-7-19-12)16-5-6-18-11(9-16)10-8-14-3-4-15-10/h1-4,7-8,11H,5-6,9H2/t11-/m1/s1. The predicted molar refractivity (Wildman–Crippen MR) is 70.9 cm³/mol. The summed E-state index contributed by atoms with van der Waals surface area (Å²) in [6, 6.07) is 3.73. The molecule has 3 rings (SSSR count). The Balaban J connectivity index is 1.73. The van der Waals surface area contributed by atoms with Crippen LogP contribution < -0.4 is 0 Å². The highest BCUT2D eigenvalue weighted by molar-refractivity contribution is 7.12. The van der Waals surface area contributed by atoms with Crippen LogP contribution in [0.25, 0.3) is 0 Å². The van der Waals surface area contributed by atoms with Crippen molar-refractivity contribution < 1.29 is 9.53 Å². The molecule has 3 heterocycles. The largest absolute Gasteiger partial charge is 0.368 e. The number of ether oxygens (including phenoxy) is 1. The van der Waals surface area contributed by atoms with Gasteiger partial charge in [-0.2, -0.15) is 0 Å². The van der Waals surface area contributed by atoms with Gasteiger partial charge in [0.2, 0.25) is 0 Å². The zero-order valence-electron chi connectivity index (χ0n) is 10.2. The number of carbonyl (C=O) groups excluding carboxylic acids is 1. The first-order valence-electron chi connectivity index (χ1n) is 6.05. The van der Waals surface area contributed by atoms with Crippen molar-refractivity contribution in [3.05, 3.63) is 46.7 Å². The van der Waals surface area contributed by atoms with E-state index in [1.54, 1.807) is 18.6 Å². The average molecular weight is 275 g/mol. The van der Waals surface area contributed by atoms with Crippen molar-refractivity contribution in [2.24, 2.45) is 0 Å². The van der Waals surface area contributed by atoms with Gasteiger partial charge in [-0.25, -0.2) is 0 Å². The molecule has 0 spiro atoms. The molecular formula is C13H13N3O2S. The minimum Gasteiger partial charge on any atom is -0.368 e. The number of nitrogens with zero attached hydrogens (tertiary/aromatic N) is 3. The number of hydrogen-bond acceptors (Lipinski definition) is 5. The van der Waals surface area contributed by atoms with Crippen molar-refractivity contribution in [1.82, 2.24) is 14.9 Å². The summed E-state index contributed by atoms with van der Waals surface area (Å²) in [5, 5.41) is 1.91. The Bertz CT molecular complexity index is 544. The van der Waals surface area contributed by atoms with Gasteiger partial charge in [0.15, 0.2) is 0 Å². The van der Waals surface area contributed by atoms with Gasteiger partial charge in [-0.3, -0.25) is 14.8 Å². The molecule has 0 N–H and O–H groups in total.